The molecule has 0 aromatic carbocycles. The summed E-state index contributed by atoms with van der Waals surface area (Å²) in [7, 11) is 0. The Labute approximate surface area is 106 Å². The summed E-state index contributed by atoms with van der Waals surface area (Å²) in [5.74, 6) is 0. The van der Waals surface area contributed by atoms with E-state index in [-0.39, 0.29) is 10.5 Å². The van der Waals surface area contributed by atoms with Crippen molar-refractivity contribution in [3.05, 3.63) is 40.6 Å². The van der Waals surface area contributed by atoms with Gasteiger partial charge in [-0.25, -0.2) is 4.98 Å². The molecule has 0 fully saturated rings. The molecule has 0 amide bonds. The van der Waals surface area contributed by atoms with Crippen LogP contribution in [0.3, 0.4) is 0 Å². The molecule has 0 unspecified atom stereocenters. The van der Waals surface area contributed by atoms with E-state index in [2.05, 4.69) is 9.97 Å². The second kappa shape index (κ2) is 4.49. The van der Waals surface area contributed by atoms with E-state index in [1.54, 1.807) is 19.2 Å². The summed E-state index contributed by atoms with van der Waals surface area (Å²) in [5, 5.41) is 0. The van der Waals surface area contributed by atoms with Crippen molar-refractivity contribution in [1.29, 1.82) is 0 Å². The van der Waals surface area contributed by atoms with E-state index in [0.717, 1.165) is 11.6 Å². The predicted molar refractivity (Wildman–Crippen MR) is 62.4 cm³/mol. The van der Waals surface area contributed by atoms with Crippen LogP contribution in [0.4, 0.5) is 13.2 Å². The molecule has 0 radical (unpaired) electrons. The van der Waals surface area contributed by atoms with E-state index in [4.69, 9.17) is 12.2 Å². The van der Waals surface area contributed by atoms with Crippen LogP contribution < -0.4 is 0 Å². The number of hydrogen-bond donors (Lipinski definition) is 1. The SMILES string of the molecule is Cc1cnccc1-c1cc(C(F)(F)F)[nH]c(=S)n1. The van der Waals surface area contributed by atoms with Gasteiger partial charge in [-0.2, -0.15) is 13.2 Å². The fraction of sp³-hybridized carbons (Fsp3) is 0.182. The number of halogens is 3. The molecule has 0 saturated carbocycles. The molecule has 0 atom stereocenters. The van der Waals surface area contributed by atoms with Crippen molar-refractivity contribution < 1.29 is 13.2 Å². The van der Waals surface area contributed by atoms with Crippen LogP contribution in [0.25, 0.3) is 11.3 Å². The van der Waals surface area contributed by atoms with Gasteiger partial charge in [0.2, 0.25) is 0 Å². The summed E-state index contributed by atoms with van der Waals surface area (Å²) in [6, 6.07) is 2.55. The third-order valence-electron chi connectivity index (χ3n) is 2.35. The number of H-pyrrole nitrogens is 1. The highest BCUT2D eigenvalue weighted by molar-refractivity contribution is 7.71. The minimum absolute atomic E-state index is 0.186. The Bertz CT molecular complexity index is 634. The molecule has 0 saturated heterocycles. The Balaban J connectivity index is 2.63. The number of aromatic nitrogens is 3. The lowest BCUT2D eigenvalue weighted by atomic mass is 10.1. The number of nitrogens with zero attached hydrogens (tertiary/aromatic N) is 2. The molecule has 0 spiro atoms. The van der Waals surface area contributed by atoms with Crippen LogP contribution in [0.15, 0.2) is 24.5 Å². The van der Waals surface area contributed by atoms with Gasteiger partial charge in [0.1, 0.15) is 5.69 Å². The van der Waals surface area contributed by atoms with Crippen LogP contribution in [0.2, 0.25) is 0 Å². The van der Waals surface area contributed by atoms with Crippen LogP contribution in [-0.4, -0.2) is 15.0 Å². The minimum Gasteiger partial charge on any atom is -0.327 e. The van der Waals surface area contributed by atoms with Gasteiger partial charge in [0, 0.05) is 18.0 Å². The van der Waals surface area contributed by atoms with Gasteiger partial charge in [0.15, 0.2) is 4.77 Å². The van der Waals surface area contributed by atoms with E-state index in [1.807, 2.05) is 4.98 Å². The molecule has 2 aromatic heterocycles. The van der Waals surface area contributed by atoms with Crippen molar-refractivity contribution >= 4 is 12.2 Å². The molecule has 18 heavy (non-hydrogen) atoms. The molecular weight excluding hydrogens is 263 g/mol. The van der Waals surface area contributed by atoms with E-state index in [0.29, 0.717) is 5.56 Å². The number of aromatic amines is 1. The molecule has 1 N–H and O–H groups in total. The van der Waals surface area contributed by atoms with Gasteiger partial charge in [-0.1, -0.05) is 0 Å². The third-order valence-corrected chi connectivity index (χ3v) is 2.54. The molecule has 2 heterocycles. The molecule has 0 aliphatic rings. The van der Waals surface area contributed by atoms with Gasteiger partial charge < -0.3 is 4.98 Å². The smallest absolute Gasteiger partial charge is 0.327 e. The highest BCUT2D eigenvalue weighted by atomic mass is 32.1. The molecule has 2 rings (SSSR count). The maximum atomic E-state index is 12.6. The zero-order valence-corrected chi connectivity index (χ0v) is 10.1. The van der Waals surface area contributed by atoms with Crippen LogP contribution in [0.1, 0.15) is 11.3 Å². The molecule has 0 bridgehead atoms. The molecule has 0 aliphatic heterocycles. The Hall–Kier alpha value is -1.76. The summed E-state index contributed by atoms with van der Waals surface area (Å²) in [6.45, 7) is 1.75. The van der Waals surface area contributed by atoms with Crippen LogP contribution in [0.5, 0.6) is 0 Å². The molecule has 0 aliphatic carbocycles. The van der Waals surface area contributed by atoms with Gasteiger partial charge >= 0.3 is 6.18 Å². The summed E-state index contributed by atoms with van der Waals surface area (Å²) >= 11 is 4.72. The standard InChI is InChI=1S/C11H8F3N3S/c1-6-5-15-3-2-7(6)8-4-9(11(12,13)14)17-10(18)16-8/h2-5H,1H3,(H,16,17,18). The third kappa shape index (κ3) is 2.56. The average molecular weight is 271 g/mol. The van der Waals surface area contributed by atoms with Gasteiger partial charge in [0.25, 0.3) is 0 Å². The summed E-state index contributed by atoms with van der Waals surface area (Å²) in [5.41, 5.74) is 0.592. The quantitative estimate of drug-likeness (QED) is 0.807. The monoisotopic (exact) mass is 271 g/mol. The molecule has 3 nitrogen and oxygen atoms in total. The maximum absolute atomic E-state index is 12.6. The summed E-state index contributed by atoms with van der Waals surface area (Å²) < 4.78 is 37.7. The maximum Gasteiger partial charge on any atom is 0.431 e. The molecule has 94 valence electrons. The van der Waals surface area contributed by atoms with Gasteiger partial charge in [-0.15, -0.1) is 0 Å². The Kier molecular flexibility index (Phi) is 3.16. The minimum atomic E-state index is -4.48. The lowest BCUT2D eigenvalue weighted by Gasteiger charge is -2.09. The lowest BCUT2D eigenvalue weighted by Crippen LogP contribution is -2.09. The van der Waals surface area contributed by atoms with Crippen molar-refractivity contribution in [1.82, 2.24) is 15.0 Å². The highest BCUT2D eigenvalue weighted by Gasteiger charge is 2.32. The topological polar surface area (TPSA) is 41.6 Å². The van der Waals surface area contributed by atoms with E-state index >= 15 is 0 Å². The second-order valence-corrected chi connectivity index (χ2v) is 4.06. The predicted octanol–water partition coefficient (Wildman–Crippen LogP) is 3.53. The number of hydrogen-bond acceptors (Lipinski definition) is 3. The molecular formula is C11H8F3N3S. The first kappa shape index (κ1) is 12.7. The van der Waals surface area contributed by atoms with Gasteiger partial charge in [-0.3, -0.25) is 4.98 Å². The second-order valence-electron chi connectivity index (χ2n) is 3.67. The van der Waals surface area contributed by atoms with Crippen molar-refractivity contribution in [2.75, 3.05) is 0 Å². The largest absolute Gasteiger partial charge is 0.431 e. The number of aryl methyl sites for hydroxylation is 1. The van der Waals surface area contributed by atoms with E-state index in [1.165, 1.54) is 6.20 Å². The molecule has 7 heteroatoms. The van der Waals surface area contributed by atoms with E-state index in [9.17, 15) is 13.2 Å². The number of alkyl halides is 3. The van der Waals surface area contributed by atoms with Crippen molar-refractivity contribution in [3.63, 3.8) is 0 Å². The normalized spacial score (nSPS) is 11.6. The number of rotatable bonds is 1. The highest BCUT2D eigenvalue weighted by Crippen LogP contribution is 2.30. The Morgan fingerprint density at radius 3 is 2.67 bits per heavy atom. The van der Waals surface area contributed by atoms with Crippen LogP contribution in [-0.2, 0) is 6.18 Å². The van der Waals surface area contributed by atoms with Crippen LogP contribution in [0, 0.1) is 11.7 Å². The fourth-order valence-corrected chi connectivity index (χ4v) is 1.72. The summed E-state index contributed by atoms with van der Waals surface area (Å²) in [6.07, 6.45) is -1.42. The zero-order valence-electron chi connectivity index (χ0n) is 9.25. The number of pyridine rings is 1. The van der Waals surface area contributed by atoms with E-state index < -0.39 is 11.9 Å². The van der Waals surface area contributed by atoms with Crippen LogP contribution >= 0.6 is 12.2 Å². The zero-order chi connectivity index (χ0) is 13.3. The first-order valence-electron chi connectivity index (χ1n) is 4.97. The average Bonchev–Trinajstić information content (AvgIpc) is 2.27. The first-order chi connectivity index (χ1) is 8.38. The van der Waals surface area contributed by atoms with Gasteiger partial charge in [-0.05, 0) is 36.8 Å². The molecule has 2 aromatic rings. The van der Waals surface area contributed by atoms with Gasteiger partial charge in [0.05, 0.1) is 5.69 Å². The van der Waals surface area contributed by atoms with Crippen molar-refractivity contribution in [2.45, 2.75) is 13.1 Å². The lowest BCUT2D eigenvalue weighted by molar-refractivity contribution is -0.141. The van der Waals surface area contributed by atoms with Crippen molar-refractivity contribution in [3.8, 4) is 11.3 Å². The fourth-order valence-electron chi connectivity index (χ4n) is 1.51. The Morgan fingerprint density at radius 2 is 2.06 bits per heavy atom. The van der Waals surface area contributed by atoms with Crippen molar-refractivity contribution in [2.24, 2.45) is 0 Å². The first-order valence-corrected chi connectivity index (χ1v) is 5.38. The summed E-state index contributed by atoms with van der Waals surface area (Å²) in [4.78, 5) is 9.83. The Morgan fingerprint density at radius 1 is 1.33 bits per heavy atom. The number of nitrogens with one attached hydrogen (secondary N) is 1.